The van der Waals surface area contributed by atoms with Gasteiger partial charge in [-0.25, -0.2) is 0 Å². The van der Waals surface area contributed by atoms with Crippen LogP contribution in [0.2, 0.25) is 0 Å². The fourth-order valence-electron chi connectivity index (χ4n) is 2.34. The van der Waals surface area contributed by atoms with E-state index in [4.69, 9.17) is 21.3 Å². The van der Waals surface area contributed by atoms with E-state index < -0.39 is 18.1 Å². The Balaban J connectivity index is 3.13. The quantitative estimate of drug-likeness (QED) is 0.748. The molecule has 1 rings (SSSR count). The number of nitrogens with two attached hydrogens (primary N) is 2. The first-order valence-electron chi connectivity index (χ1n) is 6.18. The second-order valence-electron chi connectivity index (χ2n) is 4.85. The summed E-state index contributed by atoms with van der Waals surface area (Å²) in [6, 6.07) is 0.580. The number of benzene rings is 1. The first-order chi connectivity index (χ1) is 8.79. The molecule has 0 amide bonds. The third-order valence-electron chi connectivity index (χ3n) is 3.52. The van der Waals surface area contributed by atoms with E-state index in [0.717, 1.165) is 28.0 Å². The minimum Gasteiger partial charge on any atom is -0.496 e. The fourth-order valence-corrected chi connectivity index (χ4v) is 2.34. The number of ether oxygens (including phenoxy) is 1. The van der Waals surface area contributed by atoms with Crippen LogP contribution < -0.4 is 16.2 Å². The predicted octanol–water partition coefficient (Wildman–Crippen LogP) is 1.42. The van der Waals surface area contributed by atoms with Gasteiger partial charge in [-0.05, 0) is 55.5 Å². The molecule has 0 heterocycles. The second-order valence-corrected chi connectivity index (χ2v) is 4.85. The van der Waals surface area contributed by atoms with Crippen molar-refractivity contribution in [1.82, 2.24) is 0 Å². The van der Waals surface area contributed by atoms with Crippen molar-refractivity contribution in [3.05, 3.63) is 28.3 Å². The Hall–Kier alpha value is -1.59. The molecule has 1 aromatic rings. The van der Waals surface area contributed by atoms with Gasteiger partial charge >= 0.3 is 5.97 Å². The van der Waals surface area contributed by atoms with E-state index in [1.165, 1.54) is 0 Å². The van der Waals surface area contributed by atoms with Crippen LogP contribution in [0, 0.1) is 20.8 Å². The summed E-state index contributed by atoms with van der Waals surface area (Å²) in [4.78, 5) is 10.8. The van der Waals surface area contributed by atoms with Crippen molar-refractivity contribution in [1.29, 1.82) is 0 Å². The molecule has 0 saturated heterocycles. The van der Waals surface area contributed by atoms with Crippen molar-refractivity contribution in [2.45, 2.75) is 39.3 Å². The number of aryl methyl sites for hydroxylation is 1. The molecule has 19 heavy (non-hydrogen) atoms. The first-order valence-corrected chi connectivity index (χ1v) is 6.18. The Kier molecular flexibility index (Phi) is 4.91. The zero-order valence-electron chi connectivity index (χ0n) is 11.9. The summed E-state index contributed by atoms with van der Waals surface area (Å²) in [5, 5.41) is 8.85. The van der Waals surface area contributed by atoms with Crippen molar-refractivity contribution in [3.63, 3.8) is 0 Å². The maximum absolute atomic E-state index is 10.8. The minimum absolute atomic E-state index is 0.211. The Morgan fingerprint density at radius 2 is 1.89 bits per heavy atom. The number of rotatable bonds is 5. The molecule has 5 N–H and O–H groups in total. The zero-order chi connectivity index (χ0) is 14.7. The van der Waals surface area contributed by atoms with Crippen molar-refractivity contribution in [3.8, 4) is 5.75 Å². The van der Waals surface area contributed by atoms with Crippen LogP contribution >= 0.6 is 0 Å². The second kappa shape index (κ2) is 6.04. The van der Waals surface area contributed by atoms with Crippen LogP contribution in [0.25, 0.3) is 0 Å². The molecule has 0 bridgehead atoms. The monoisotopic (exact) mass is 266 g/mol. The molecular formula is C14H22N2O3. The van der Waals surface area contributed by atoms with Crippen LogP contribution in [0.15, 0.2) is 6.07 Å². The maximum Gasteiger partial charge on any atom is 0.320 e. The normalized spacial score (nSPS) is 14.0. The molecule has 2 unspecified atom stereocenters. The van der Waals surface area contributed by atoms with Gasteiger partial charge in [0.25, 0.3) is 0 Å². The third-order valence-corrected chi connectivity index (χ3v) is 3.52. The molecule has 0 aliphatic carbocycles. The van der Waals surface area contributed by atoms with E-state index in [1.54, 1.807) is 7.11 Å². The lowest BCUT2D eigenvalue weighted by Crippen LogP contribution is -2.34. The van der Waals surface area contributed by atoms with Gasteiger partial charge < -0.3 is 21.3 Å². The van der Waals surface area contributed by atoms with Crippen molar-refractivity contribution >= 4 is 5.97 Å². The summed E-state index contributed by atoms with van der Waals surface area (Å²) in [7, 11) is 1.63. The highest BCUT2D eigenvalue weighted by Gasteiger charge is 2.21. The number of hydrogen-bond acceptors (Lipinski definition) is 4. The van der Waals surface area contributed by atoms with E-state index in [-0.39, 0.29) is 6.42 Å². The summed E-state index contributed by atoms with van der Waals surface area (Å²) < 4.78 is 5.30. The Labute approximate surface area is 113 Å². The standard InChI is InChI=1S/C14H22N2O3/c1-7-5-12(19-4)8(2)9(3)13(7)10(15)6-11(16)14(17)18/h5,10-11H,6,15-16H2,1-4H3,(H,17,18). The molecule has 0 fully saturated rings. The molecule has 5 nitrogen and oxygen atoms in total. The van der Waals surface area contributed by atoms with Gasteiger partial charge in [-0.2, -0.15) is 0 Å². The molecule has 1 aromatic carbocycles. The van der Waals surface area contributed by atoms with Crippen LogP contribution in [0.4, 0.5) is 0 Å². The first kappa shape index (κ1) is 15.5. The highest BCUT2D eigenvalue weighted by molar-refractivity contribution is 5.73. The molecule has 0 radical (unpaired) electrons. The highest BCUT2D eigenvalue weighted by atomic mass is 16.5. The van der Waals surface area contributed by atoms with Crippen LogP contribution in [-0.2, 0) is 4.79 Å². The van der Waals surface area contributed by atoms with Gasteiger partial charge in [0.2, 0.25) is 0 Å². The lowest BCUT2D eigenvalue weighted by Gasteiger charge is -2.22. The smallest absolute Gasteiger partial charge is 0.320 e. The molecular weight excluding hydrogens is 244 g/mol. The average Bonchev–Trinajstić information content (AvgIpc) is 2.33. The Bertz CT molecular complexity index is 486. The van der Waals surface area contributed by atoms with Crippen LogP contribution in [-0.4, -0.2) is 24.2 Å². The number of aliphatic carboxylic acids is 1. The highest BCUT2D eigenvalue weighted by Crippen LogP contribution is 2.31. The molecule has 2 atom stereocenters. The van der Waals surface area contributed by atoms with Gasteiger partial charge in [0.1, 0.15) is 11.8 Å². The van der Waals surface area contributed by atoms with Crippen LogP contribution in [0.5, 0.6) is 5.75 Å². The molecule has 0 aliphatic heterocycles. The molecule has 5 heteroatoms. The summed E-state index contributed by atoms with van der Waals surface area (Å²) in [5.41, 5.74) is 15.6. The summed E-state index contributed by atoms with van der Waals surface area (Å²) in [6.45, 7) is 5.86. The lowest BCUT2D eigenvalue weighted by molar-refractivity contribution is -0.138. The van der Waals surface area contributed by atoms with Gasteiger partial charge in [0.05, 0.1) is 7.11 Å². The molecule has 106 valence electrons. The summed E-state index contributed by atoms with van der Waals surface area (Å²) in [5.74, 6) is -0.218. The predicted molar refractivity (Wildman–Crippen MR) is 74.4 cm³/mol. The van der Waals surface area contributed by atoms with Gasteiger partial charge in [-0.1, -0.05) is 0 Å². The van der Waals surface area contributed by atoms with E-state index in [2.05, 4.69) is 0 Å². The van der Waals surface area contributed by atoms with Crippen LogP contribution in [0.1, 0.15) is 34.7 Å². The molecule has 0 aliphatic rings. The number of carboxylic acids is 1. The fraction of sp³-hybridized carbons (Fsp3) is 0.500. The lowest BCUT2D eigenvalue weighted by atomic mass is 9.89. The molecule has 0 spiro atoms. The van der Waals surface area contributed by atoms with Crippen LogP contribution in [0.3, 0.4) is 0 Å². The topological polar surface area (TPSA) is 98.6 Å². The number of carbonyl (C=O) groups is 1. The van der Waals surface area contributed by atoms with Crippen molar-refractivity contribution in [2.75, 3.05) is 7.11 Å². The Morgan fingerprint density at radius 3 is 2.37 bits per heavy atom. The van der Waals surface area contributed by atoms with Gasteiger partial charge in [0.15, 0.2) is 0 Å². The van der Waals surface area contributed by atoms with E-state index in [0.29, 0.717) is 0 Å². The Morgan fingerprint density at radius 1 is 1.32 bits per heavy atom. The number of methoxy groups -OCH3 is 1. The van der Waals surface area contributed by atoms with E-state index in [9.17, 15) is 4.79 Å². The largest absolute Gasteiger partial charge is 0.496 e. The molecule has 0 saturated carbocycles. The minimum atomic E-state index is -1.03. The summed E-state index contributed by atoms with van der Waals surface area (Å²) >= 11 is 0. The summed E-state index contributed by atoms with van der Waals surface area (Å²) in [6.07, 6.45) is 0.211. The SMILES string of the molecule is COc1cc(C)c(C(N)CC(N)C(=O)O)c(C)c1C. The third kappa shape index (κ3) is 3.24. The maximum atomic E-state index is 10.8. The average molecular weight is 266 g/mol. The van der Waals surface area contributed by atoms with E-state index in [1.807, 2.05) is 26.8 Å². The zero-order valence-corrected chi connectivity index (χ0v) is 11.9. The number of carboxylic acid groups (broad SMARTS) is 1. The van der Waals surface area contributed by atoms with Gasteiger partial charge in [0, 0.05) is 6.04 Å². The van der Waals surface area contributed by atoms with Gasteiger partial charge in [-0.15, -0.1) is 0 Å². The van der Waals surface area contributed by atoms with E-state index >= 15 is 0 Å². The van der Waals surface area contributed by atoms with Gasteiger partial charge in [-0.3, -0.25) is 4.79 Å². The number of hydrogen-bond donors (Lipinski definition) is 3. The van der Waals surface area contributed by atoms with Crippen molar-refractivity contribution < 1.29 is 14.6 Å². The molecule has 0 aromatic heterocycles. The van der Waals surface area contributed by atoms with Crippen molar-refractivity contribution in [2.24, 2.45) is 11.5 Å².